The van der Waals surface area contributed by atoms with Gasteiger partial charge in [-0.15, -0.1) is 0 Å². The van der Waals surface area contributed by atoms with Crippen LogP contribution < -0.4 is 10.6 Å². The van der Waals surface area contributed by atoms with E-state index in [2.05, 4.69) is 15.6 Å². The Morgan fingerprint density at radius 1 is 1.23 bits per heavy atom. The summed E-state index contributed by atoms with van der Waals surface area (Å²) in [6.45, 7) is 12.5. The molecule has 0 saturated carbocycles. The van der Waals surface area contributed by atoms with Crippen molar-refractivity contribution < 1.29 is 23.9 Å². The van der Waals surface area contributed by atoms with E-state index in [9.17, 15) is 14.4 Å². The maximum Gasteiger partial charge on any atom is 0.408 e. The predicted molar refractivity (Wildman–Crippen MR) is 99.4 cm³/mol. The third-order valence-electron chi connectivity index (χ3n) is 3.11. The second kappa shape index (κ2) is 8.98. The molecule has 2 N–H and O–H groups in total. The highest BCUT2D eigenvalue weighted by atomic mass is 32.1. The maximum absolute atomic E-state index is 12.5. The zero-order chi connectivity index (χ0) is 20.1. The highest BCUT2D eigenvalue weighted by molar-refractivity contribution is 7.17. The summed E-state index contributed by atoms with van der Waals surface area (Å²) in [5.74, 6) is -1.08. The summed E-state index contributed by atoms with van der Waals surface area (Å²) >= 11 is 1.03. The largest absolute Gasteiger partial charge is 0.462 e. The minimum Gasteiger partial charge on any atom is -0.462 e. The molecule has 0 aliphatic carbocycles. The van der Waals surface area contributed by atoms with Crippen LogP contribution in [0.5, 0.6) is 0 Å². The molecule has 0 radical (unpaired) electrons. The molecule has 1 aromatic heterocycles. The normalized spacial score (nSPS) is 12.5. The number of rotatable bonds is 6. The van der Waals surface area contributed by atoms with E-state index < -0.39 is 29.6 Å². The lowest BCUT2D eigenvalue weighted by Gasteiger charge is -2.24. The van der Waals surface area contributed by atoms with Crippen LogP contribution in [0.4, 0.5) is 9.93 Å². The van der Waals surface area contributed by atoms with Crippen LogP contribution >= 0.6 is 11.3 Å². The van der Waals surface area contributed by atoms with Crippen molar-refractivity contribution in [2.24, 2.45) is 5.92 Å². The Balaban J connectivity index is 2.84. The Hall–Kier alpha value is -2.16. The summed E-state index contributed by atoms with van der Waals surface area (Å²) < 4.78 is 10.2. The molecule has 1 aromatic rings. The number of ether oxygens (including phenoxy) is 2. The monoisotopic (exact) mass is 385 g/mol. The molecule has 1 rings (SSSR count). The van der Waals surface area contributed by atoms with E-state index in [1.165, 1.54) is 0 Å². The number of amides is 2. The van der Waals surface area contributed by atoms with Gasteiger partial charge >= 0.3 is 12.1 Å². The molecule has 0 aliphatic heterocycles. The summed E-state index contributed by atoms with van der Waals surface area (Å²) in [5.41, 5.74) is -0.187. The minimum absolute atomic E-state index is 0.173. The molecule has 1 heterocycles. The second-order valence-corrected chi connectivity index (χ2v) is 8.01. The number of aryl methyl sites for hydroxylation is 1. The van der Waals surface area contributed by atoms with E-state index in [4.69, 9.17) is 9.47 Å². The quantitative estimate of drug-likeness (QED) is 0.729. The standard InChI is InChI=1S/C17H27N3O5S/c1-8-24-14(22)12-10(4)18-15(26-12)20-13(21)11(9(2)3)19-16(23)25-17(5,6)7/h9,11H,8H2,1-7H3,(H,19,23)(H,18,20,21)/t11-/m0/s1. The van der Waals surface area contributed by atoms with Crippen molar-refractivity contribution in [2.75, 3.05) is 11.9 Å². The third-order valence-corrected chi connectivity index (χ3v) is 4.16. The van der Waals surface area contributed by atoms with Crippen LogP contribution in [0.25, 0.3) is 0 Å². The highest BCUT2D eigenvalue weighted by Gasteiger charge is 2.28. The van der Waals surface area contributed by atoms with Crippen LogP contribution in [-0.4, -0.2) is 41.2 Å². The summed E-state index contributed by atoms with van der Waals surface area (Å²) in [6.07, 6.45) is -0.672. The molecular weight excluding hydrogens is 358 g/mol. The maximum atomic E-state index is 12.5. The zero-order valence-electron chi connectivity index (χ0n) is 16.3. The lowest BCUT2D eigenvalue weighted by Crippen LogP contribution is -2.48. The zero-order valence-corrected chi connectivity index (χ0v) is 17.1. The van der Waals surface area contributed by atoms with Gasteiger partial charge in [0.25, 0.3) is 0 Å². The first-order valence-corrected chi connectivity index (χ1v) is 9.21. The molecule has 0 aliphatic rings. The Morgan fingerprint density at radius 2 is 1.85 bits per heavy atom. The van der Waals surface area contributed by atoms with Crippen molar-refractivity contribution in [1.29, 1.82) is 0 Å². The summed E-state index contributed by atoms with van der Waals surface area (Å²) in [7, 11) is 0. The average molecular weight is 385 g/mol. The molecule has 26 heavy (non-hydrogen) atoms. The first-order valence-electron chi connectivity index (χ1n) is 8.39. The third kappa shape index (κ3) is 6.62. The van der Waals surface area contributed by atoms with E-state index in [0.717, 1.165) is 11.3 Å². The Morgan fingerprint density at radius 3 is 2.35 bits per heavy atom. The van der Waals surface area contributed by atoms with E-state index in [-0.39, 0.29) is 17.7 Å². The van der Waals surface area contributed by atoms with Gasteiger partial charge in [-0.2, -0.15) is 0 Å². The van der Waals surface area contributed by atoms with Crippen LogP contribution in [0.3, 0.4) is 0 Å². The Labute approximate surface area is 157 Å². The first-order chi connectivity index (χ1) is 11.9. The van der Waals surface area contributed by atoms with Gasteiger partial charge in [-0.25, -0.2) is 14.6 Å². The summed E-state index contributed by atoms with van der Waals surface area (Å²) in [4.78, 5) is 40.9. The van der Waals surface area contributed by atoms with Crippen LogP contribution in [0.15, 0.2) is 0 Å². The number of hydrogen-bond acceptors (Lipinski definition) is 7. The molecule has 146 valence electrons. The van der Waals surface area contributed by atoms with Crippen molar-refractivity contribution in [1.82, 2.24) is 10.3 Å². The van der Waals surface area contributed by atoms with E-state index >= 15 is 0 Å². The molecule has 8 nitrogen and oxygen atoms in total. The van der Waals surface area contributed by atoms with Gasteiger partial charge in [0, 0.05) is 0 Å². The van der Waals surface area contributed by atoms with Crippen LogP contribution in [0.2, 0.25) is 0 Å². The van der Waals surface area contributed by atoms with Gasteiger partial charge in [-0.05, 0) is 40.5 Å². The molecule has 0 aromatic carbocycles. The molecule has 0 spiro atoms. The van der Waals surface area contributed by atoms with Crippen LogP contribution in [-0.2, 0) is 14.3 Å². The van der Waals surface area contributed by atoms with E-state index in [1.54, 1.807) is 48.5 Å². The average Bonchev–Trinajstić information content (AvgIpc) is 2.83. The molecular formula is C17H27N3O5S. The minimum atomic E-state index is -0.805. The highest BCUT2D eigenvalue weighted by Crippen LogP contribution is 2.24. The fraction of sp³-hybridized carbons (Fsp3) is 0.647. The number of nitrogens with one attached hydrogen (secondary N) is 2. The van der Waals surface area contributed by atoms with Crippen molar-refractivity contribution in [2.45, 2.75) is 60.1 Å². The van der Waals surface area contributed by atoms with Crippen LogP contribution in [0, 0.1) is 12.8 Å². The summed E-state index contributed by atoms with van der Waals surface area (Å²) in [5, 5.41) is 5.48. The molecule has 0 saturated heterocycles. The van der Waals surface area contributed by atoms with Gasteiger partial charge in [-0.1, -0.05) is 25.2 Å². The second-order valence-electron chi connectivity index (χ2n) is 7.01. The van der Waals surface area contributed by atoms with Gasteiger partial charge in [0.1, 0.15) is 16.5 Å². The number of hydrogen-bond donors (Lipinski definition) is 2. The molecule has 9 heteroatoms. The topological polar surface area (TPSA) is 107 Å². The Bertz CT molecular complexity index is 664. The number of anilines is 1. The van der Waals surface area contributed by atoms with Gasteiger partial charge in [-0.3, -0.25) is 4.79 Å². The SMILES string of the molecule is CCOC(=O)c1sc(NC(=O)[C@@H](NC(=O)OC(C)(C)C)C(C)C)nc1C. The lowest BCUT2D eigenvalue weighted by molar-refractivity contribution is -0.119. The van der Waals surface area contributed by atoms with E-state index in [0.29, 0.717) is 10.6 Å². The van der Waals surface area contributed by atoms with E-state index in [1.807, 2.05) is 0 Å². The van der Waals surface area contributed by atoms with Gasteiger partial charge in [0.15, 0.2) is 5.13 Å². The predicted octanol–water partition coefficient (Wildman–Crippen LogP) is 3.12. The van der Waals surface area contributed by atoms with Crippen molar-refractivity contribution in [3.05, 3.63) is 10.6 Å². The molecule has 0 fully saturated rings. The van der Waals surface area contributed by atoms with Crippen molar-refractivity contribution in [3.8, 4) is 0 Å². The smallest absolute Gasteiger partial charge is 0.408 e. The van der Waals surface area contributed by atoms with Gasteiger partial charge in [0.2, 0.25) is 5.91 Å². The number of aromatic nitrogens is 1. The fourth-order valence-electron chi connectivity index (χ4n) is 1.99. The number of alkyl carbamates (subject to hydrolysis) is 1. The Kier molecular flexibility index (Phi) is 7.55. The summed E-state index contributed by atoms with van der Waals surface area (Å²) in [6, 6.07) is -0.805. The molecule has 2 amide bonds. The van der Waals surface area contributed by atoms with Crippen LogP contribution in [0.1, 0.15) is 56.9 Å². The number of carbonyl (C=O) groups is 3. The van der Waals surface area contributed by atoms with Gasteiger partial charge < -0.3 is 20.1 Å². The lowest BCUT2D eigenvalue weighted by atomic mass is 10.0. The number of carbonyl (C=O) groups excluding carboxylic acids is 3. The van der Waals surface area contributed by atoms with Crippen molar-refractivity contribution >= 4 is 34.4 Å². The number of thiazole rings is 1. The number of nitrogens with zero attached hydrogens (tertiary/aromatic N) is 1. The van der Waals surface area contributed by atoms with Crippen molar-refractivity contribution in [3.63, 3.8) is 0 Å². The number of esters is 1. The molecule has 0 bridgehead atoms. The first kappa shape index (κ1) is 21.9. The fourth-order valence-corrected chi connectivity index (χ4v) is 2.85. The molecule has 0 unspecified atom stereocenters. The van der Waals surface area contributed by atoms with Gasteiger partial charge in [0.05, 0.1) is 12.3 Å². The molecule has 1 atom stereocenters.